The predicted molar refractivity (Wildman–Crippen MR) is 117 cm³/mol. The van der Waals surface area contributed by atoms with Gasteiger partial charge in [0.2, 0.25) is 0 Å². The Labute approximate surface area is 201 Å². The van der Waals surface area contributed by atoms with Crippen molar-refractivity contribution < 1.29 is 32.6 Å². The Bertz CT molecular complexity index is 1280. The number of hydrogen-bond donors (Lipinski definition) is 1. The van der Waals surface area contributed by atoms with Crippen molar-refractivity contribution >= 4 is 23.7 Å². The fourth-order valence-corrected chi connectivity index (χ4v) is 4.94. The number of carboxylic acid groups (broad SMARTS) is 1. The van der Waals surface area contributed by atoms with Crippen LogP contribution in [0, 0.1) is 0 Å². The molecule has 1 aromatic heterocycles. The maximum Gasteiger partial charge on any atom is 0.417 e. The lowest BCUT2D eigenvalue weighted by Gasteiger charge is -2.34. The van der Waals surface area contributed by atoms with Crippen molar-refractivity contribution in [1.29, 1.82) is 0 Å². The van der Waals surface area contributed by atoms with Gasteiger partial charge < -0.3 is 14.7 Å². The molecule has 0 atom stereocenters. The number of alkyl halides is 3. The van der Waals surface area contributed by atoms with Crippen LogP contribution in [-0.4, -0.2) is 50.4 Å². The fraction of sp³-hybridized carbons (Fsp3) is 0.455. The molecule has 35 heavy (non-hydrogen) atoms. The summed E-state index contributed by atoms with van der Waals surface area (Å²) in [5.41, 5.74) is -3.94. The van der Waals surface area contributed by atoms with Crippen LogP contribution in [-0.2, 0) is 17.5 Å². The molecule has 2 heterocycles. The Kier molecular flexibility index (Phi) is 6.67. The largest absolute Gasteiger partial charge is 0.477 e. The summed E-state index contributed by atoms with van der Waals surface area (Å²) in [4.78, 5) is 51.2. The minimum Gasteiger partial charge on any atom is -0.477 e. The topological polar surface area (TPSA) is 111 Å². The van der Waals surface area contributed by atoms with Gasteiger partial charge in [-0.25, -0.2) is 14.4 Å². The first-order chi connectivity index (χ1) is 16.5. The molecule has 1 amide bonds. The monoisotopic (exact) mass is 515 g/mol. The number of cyclic esters (lactones) is 1. The third-order valence-corrected chi connectivity index (χ3v) is 6.88. The first-order valence-corrected chi connectivity index (χ1v) is 11.2. The van der Waals surface area contributed by atoms with Crippen molar-refractivity contribution in [2.24, 2.45) is 0 Å². The predicted octanol–water partition coefficient (Wildman–Crippen LogP) is 3.36. The maximum absolute atomic E-state index is 13.2. The van der Waals surface area contributed by atoms with E-state index in [2.05, 4.69) is 0 Å². The van der Waals surface area contributed by atoms with E-state index >= 15 is 0 Å². The van der Waals surface area contributed by atoms with Crippen LogP contribution in [0.25, 0.3) is 0 Å². The Morgan fingerprint density at radius 3 is 2.34 bits per heavy atom. The highest BCUT2D eigenvalue weighted by atomic mass is 35.5. The van der Waals surface area contributed by atoms with Gasteiger partial charge >= 0.3 is 23.9 Å². The highest BCUT2D eigenvalue weighted by molar-refractivity contribution is 6.32. The van der Waals surface area contributed by atoms with Crippen molar-refractivity contribution in [1.82, 2.24) is 14.0 Å². The second kappa shape index (κ2) is 9.40. The molecule has 2 aliphatic rings. The minimum absolute atomic E-state index is 0.0780. The van der Waals surface area contributed by atoms with E-state index < -0.39 is 58.2 Å². The van der Waals surface area contributed by atoms with Gasteiger partial charge in [0.15, 0.2) is 0 Å². The van der Waals surface area contributed by atoms with E-state index in [1.54, 1.807) is 4.90 Å². The lowest BCUT2D eigenvalue weighted by molar-refractivity contribution is -0.137. The second-order valence-electron chi connectivity index (χ2n) is 8.48. The number of benzene rings is 1. The first-order valence-electron chi connectivity index (χ1n) is 10.9. The van der Waals surface area contributed by atoms with Crippen LogP contribution < -0.4 is 11.2 Å². The van der Waals surface area contributed by atoms with Crippen molar-refractivity contribution in [3.05, 3.63) is 66.9 Å². The Balaban J connectivity index is 1.68. The van der Waals surface area contributed by atoms with Crippen LogP contribution in [0.1, 0.15) is 53.2 Å². The number of carbonyl (C=O) groups excluding carboxylic acids is 1. The molecule has 1 N–H and O–H groups in total. The van der Waals surface area contributed by atoms with Gasteiger partial charge in [0.05, 0.1) is 23.7 Å². The quantitative estimate of drug-likeness (QED) is 0.653. The first kappa shape index (κ1) is 24.8. The number of carboxylic acids is 1. The number of nitrogens with zero attached hydrogens (tertiary/aromatic N) is 3. The van der Waals surface area contributed by atoms with E-state index in [0.717, 1.165) is 22.9 Å². The van der Waals surface area contributed by atoms with E-state index in [1.165, 1.54) is 6.07 Å². The van der Waals surface area contributed by atoms with E-state index in [1.807, 2.05) is 0 Å². The molecule has 188 valence electrons. The fourth-order valence-electron chi connectivity index (χ4n) is 4.65. The molecular formula is C22H21ClF3N3O6. The van der Waals surface area contributed by atoms with E-state index in [-0.39, 0.29) is 11.6 Å². The van der Waals surface area contributed by atoms with Gasteiger partial charge in [0.1, 0.15) is 12.2 Å². The van der Waals surface area contributed by atoms with Crippen molar-refractivity contribution in [3.63, 3.8) is 0 Å². The number of halogens is 4. The maximum atomic E-state index is 13.2. The molecule has 13 heteroatoms. The van der Waals surface area contributed by atoms with Crippen molar-refractivity contribution in [2.75, 3.05) is 13.2 Å². The third-order valence-electron chi connectivity index (χ3n) is 6.43. The van der Waals surface area contributed by atoms with E-state index in [9.17, 15) is 37.5 Å². The minimum atomic E-state index is -4.75. The van der Waals surface area contributed by atoms with E-state index in [4.69, 9.17) is 16.3 Å². The molecule has 4 rings (SSSR count). The van der Waals surface area contributed by atoms with Gasteiger partial charge in [-0.2, -0.15) is 13.2 Å². The van der Waals surface area contributed by atoms with Crippen LogP contribution >= 0.6 is 11.6 Å². The van der Waals surface area contributed by atoms with Crippen molar-refractivity contribution in [2.45, 2.75) is 50.5 Å². The third kappa shape index (κ3) is 4.79. The van der Waals surface area contributed by atoms with Gasteiger partial charge in [0.25, 0.3) is 5.56 Å². The number of aromatic carboxylic acids is 1. The summed E-state index contributed by atoms with van der Waals surface area (Å²) >= 11 is 5.93. The zero-order valence-corrected chi connectivity index (χ0v) is 19.0. The lowest BCUT2D eigenvalue weighted by atomic mass is 9.90. The molecule has 1 saturated heterocycles. The molecule has 9 nitrogen and oxygen atoms in total. The molecule has 1 saturated carbocycles. The van der Waals surface area contributed by atoms with Gasteiger partial charge in [-0.15, -0.1) is 0 Å². The molecule has 0 bridgehead atoms. The lowest BCUT2D eigenvalue weighted by Crippen LogP contribution is -2.45. The molecule has 1 aromatic carbocycles. The SMILES string of the molecule is O=C(O)c1cn([C@H]2CC[C@H](N3CCOC3=O)CC2)c(=O)n(Cc2cccc(C(F)(F)F)c2Cl)c1=O. The van der Waals surface area contributed by atoms with Crippen LogP contribution in [0.2, 0.25) is 5.02 Å². The molecular weight excluding hydrogens is 495 g/mol. The Morgan fingerprint density at radius 2 is 1.77 bits per heavy atom. The molecule has 0 spiro atoms. The highest BCUT2D eigenvalue weighted by Crippen LogP contribution is 2.36. The van der Waals surface area contributed by atoms with Crippen LogP contribution in [0.5, 0.6) is 0 Å². The molecule has 2 fully saturated rings. The number of hydrogen-bond acceptors (Lipinski definition) is 5. The summed E-state index contributed by atoms with van der Waals surface area (Å²) in [5.74, 6) is -1.57. The average molecular weight is 516 g/mol. The number of carbonyl (C=O) groups is 2. The highest BCUT2D eigenvalue weighted by Gasteiger charge is 2.35. The summed E-state index contributed by atoms with van der Waals surface area (Å²) in [5, 5.41) is 8.86. The number of rotatable bonds is 5. The molecule has 0 unspecified atom stereocenters. The van der Waals surface area contributed by atoms with Gasteiger partial charge in [0, 0.05) is 18.3 Å². The number of aromatic nitrogens is 2. The molecule has 1 aliphatic heterocycles. The smallest absolute Gasteiger partial charge is 0.417 e. The Hall–Kier alpha value is -3.28. The molecule has 0 radical (unpaired) electrons. The number of ether oxygens (including phenoxy) is 1. The Morgan fingerprint density at radius 1 is 1.11 bits per heavy atom. The molecule has 2 aromatic rings. The number of amides is 1. The van der Waals surface area contributed by atoms with Gasteiger partial charge in [-0.05, 0) is 37.3 Å². The van der Waals surface area contributed by atoms with Crippen molar-refractivity contribution in [3.8, 4) is 0 Å². The average Bonchev–Trinajstić information content (AvgIpc) is 3.22. The zero-order valence-electron chi connectivity index (χ0n) is 18.3. The summed E-state index contributed by atoms with van der Waals surface area (Å²) < 4.78 is 46.4. The zero-order chi connectivity index (χ0) is 25.5. The van der Waals surface area contributed by atoms with Crippen LogP contribution in [0.4, 0.5) is 18.0 Å². The summed E-state index contributed by atoms with van der Waals surface area (Å²) in [6.07, 6.45) is -2.24. The van der Waals surface area contributed by atoms with E-state index in [0.29, 0.717) is 43.4 Å². The van der Waals surface area contributed by atoms with Crippen LogP contribution in [0.15, 0.2) is 34.0 Å². The summed E-state index contributed by atoms with van der Waals surface area (Å²) in [6.45, 7) is 0.152. The van der Waals surface area contributed by atoms with Crippen LogP contribution in [0.3, 0.4) is 0 Å². The standard InChI is InChI=1S/C22H21ClF3N3O6/c23-17-12(2-1-3-16(17)22(24,25)26)10-29-18(30)15(19(31)32)11-28(20(29)33)14-6-4-13(5-7-14)27-8-9-35-21(27)34/h1-3,11,13-14H,4-10H2,(H,31,32)/t13-,14-. The molecule has 1 aliphatic carbocycles. The summed E-state index contributed by atoms with van der Waals surface area (Å²) in [6, 6.07) is 2.57. The summed E-state index contributed by atoms with van der Waals surface area (Å²) in [7, 11) is 0. The second-order valence-corrected chi connectivity index (χ2v) is 8.85. The van der Waals surface area contributed by atoms with Gasteiger partial charge in [-0.1, -0.05) is 23.7 Å². The van der Waals surface area contributed by atoms with Gasteiger partial charge in [-0.3, -0.25) is 13.9 Å². The normalized spacial score (nSPS) is 20.7.